The largest absolute Gasteiger partial charge is 0.304 e. The first-order valence-electron chi connectivity index (χ1n) is 5.15. The van der Waals surface area contributed by atoms with E-state index in [1.54, 1.807) is 12.1 Å². The zero-order chi connectivity index (χ0) is 13.8. The van der Waals surface area contributed by atoms with Gasteiger partial charge in [0.15, 0.2) is 6.10 Å². The van der Waals surface area contributed by atoms with Crippen molar-refractivity contribution >= 4 is 23.2 Å². The Bertz CT molecular complexity index is 576. The van der Waals surface area contributed by atoms with Crippen LogP contribution in [0, 0.1) is 10.1 Å². The summed E-state index contributed by atoms with van der Waals surface area (Å²) in [5.74, 6) is 0. The number of halogens is 2. The lowest BCUT2D eigenvalue weighted by atomic mass is 10.1. The van der Waals surface area contributed by atoms with Crippen LogP contribution in [-0.4, -0.2) is 19.9 Å². The van der Waals surface area contributed by atoms with Crippen LogP contribution in [0.2, 0.25) is 10.0 Å². The summed E-state index contributed by atoms with van der Waals surface area (Å²) < 4.78 is 1.42. The van der Waals surface area contributed by atoms with E-state index in [-0.39, 0.29) is 6.54 Å². The second kappa shape index (κ2) is 5.85. The van der Waals surface area contributed by atoms with Crippen molar-refractivity contribution in [1.29, 1.82) is 0 Å². The second-order valence-electron chi connectivity index (χ2n) is 3.60. The summed E-state index contributed by atoms with van der Waals surface area (Å²) in [5, 5.41) is 14.3. The fourth-order valence-corrected chi connectivity index (χ4v) is 2.08. The molecule has 0 spiro atoms. The van der Waals surface area contributed by atoms with Crippen molar-refractivity contribution in [2.45, 2.75) is 12.6 Å². The van der Waals surface area contributed by atoms with Crippen molar-refractivity contribution in [2.24, 2.45) is 0 Å². The molecule has 2 aromatic rings. The van der Waals surface area contributed by atoms with Gasteiger partial charge in [-0.25, -0.2) is 4.98 Å². The zero-order valence-electron chi connectivity index (χ0n) is 9.44. The van der Waals surface area contributed by atoms with E-state index >= 15 is 0 Å². The molecule has 19 heavy (non-hydrogen) atoms. The molecule has 9 heteroatoms. The number of rotatable bonds is 5. The smallest absolute Gasteiger partial charge is 0.295 e. The Hall–Kier alpha value is -1.86. The lowest BCUT2D eigenvalue weighted by Gasteiger charge is -2.16. The molecule has 0 bridgehead atoms. The predicted molar refractivity (Wildman–Crippen MR) is 67.3 cm³/mol. The highest BCUT2D eigenvalue weighted by molar-refractivity contribution is 6.35. The fraction of sp³-hybridized carbons (Fsp3) is 0.200. The highest BCUT2D eigenvalue weighted by Crippen LogP contribution is 2.29. The number of nitrogens with zero attached hydrogens (tertiary/aromatic N) is 4. The van der Waals surface area contributed by atoms with Crippen molar-refractivity contribution in [3.63, 3.8) is 0 Å². The van der Waals surface area contributed by atoms with Crippen LogP contribution < -0.4 is 0 Å². The van der Waals surface area contributed by atoms with E-state index < -0.39 is 11.2 Å². The Balaban J connectivity index is 2.28. The molecule has 1 aromatic carbocycles. The normalized spacial score (nSPS) is 12.1. The molecule has 0 saturated carbocycles. The van der Waals surface area contributed by atoms with Gasteiger partial charge in [0.25, 0.3) is 5.09 Å². The molecule has 0 aliphatic heterocycles. The van der Waals surface area contributed by atoms with Crippen LogP contribution in [0.5, 0.6) is 0 Å². The minimum absolute atomic E-state index is 0.113. The maximum Gasteiger partial charge on any atom is 0.295 e. The SMILES string of the molecule is O=[N+]([O-])OC(Cn1cncn1)c1ccc(Cl)cc1Cl. The highest BCUT2D eigenvalue weighted by atomic mass is 35.5. The molecule has 0 amide bonds. The minimum Gasteiger partial charge on any atom is -0.304 e. The van der Waals surface area contributed by atoms with Crippen molar-refractivity contribution in [1.82, 2.24) is 14.8 Å². The first-order chi connectivity index (χ1) is 9.06. The molecule has 1 unspecified atom stereocenters. The molecule has 2 rings (SSSR count). The van der Waals surface area contributed by atoms with Crippen LogP contribution in [0.4, 0.5) is 0 Å². The number of benzene rings is 1. The van der Waals surface area contributed by atoms with Crippen molar-refractivity contribution in [2.75, 3.05) is 0 Å². The molecule has 1 aromatic heterocycles. The number of hydrogen-bond donors (Lipinski definition) is 0. The van der Waals surface area contributed by atoms with Crippen molar-refractivity contribution < 1.29 is 9.92 Å². The van der Waals surface area contributed by atoms with Gasteiger partial charge in [0.2, 0.25) is 0 Å². The number of hydrogen-bond acceptors (Lipinski definition) is 5. The summed E-state index contributed by atoms with van der Waals surface area (Å²) in [4.78, 5) is 19.0. The molecule has 0 N–H and O–H groups in total. The highest BCUT2D eigenvalue weighted by Gasteiger charge is 2.20. The standard InChI is InChI=1S/C10H8Cl2N4O3/c11-7-1-2-8(9(12)3-7)10(19-16(17)18)4-15-6-13-5-14-15/h1-3,5-6,10H,4H2. The third-order valence-electron chi connectivity index (χ3n) is 2.34. The van der Waals surface area contributed by atoms with Gasteiger partial charge < -0.3 is 4.84 Å². The van der Waals surface area contributed by atoms with Gasteiger partial charge in [-0.2, -0.15) is 5.10 Å². The van der Waals surface area contributed by atoms with E-state index in [1.807, 2.05) is 0 Å². The Morgan fingerprint density at radius 2 is 2.26 bits per heavy atom. The van der Waals surface area contributed by atoms with Gasteiger partial charge in [-0.3, -0.25) is 4.68 Å². The molecule has 0 aliphatic carbocycles. The molecule has 0 fully saturated rings. The van der Waals surface area contributed by atoms with Gasteiger partial charge in [0, 0.05) is 15.6 Å². The minimum atomic E-state index is -0.888. The van der Waals surface area contributed by atoms with Gasteiger partial charge in [0.1, 0.15) is 12.7 Å². The predicted octanol–water partition coefficient (Wildman–Crippen LogP) is 2.53. The van der Waals surface area contributed by atoms with E-state index in [9.17, 15) is 10.1 Å². The topological polar surface area (TPSA) is 83.1 Å². The van der Waals surface area contributed by atoms with E-state index in [1.165, 1.54) is 23.4 Å². The van der Waals surface area contributed by atoms with E-state index in [4.69, 9.17) is 23.2 Å². The molecule has 1 atom stereocenters. The van der Waals surface area contributed by atoms with Crippen LogP contribution in [0.3, 0.4) is 0 Å². The van der Waals surface area contributed by atoms with E-state index in [2.05, 4.69) is 14.9 Å². The number of aromatic nitrogens is 3. The summed E-state index contributed by atoms with van der Waals surface area (Å²) >= 11 is 11.8. The Kier molecular flexibility index (Phi) is 4.18. The summed E-state index contributed by atoms with van der Waals surface area (Å²) in [6.45, 7) is 0.113. The van der Waals surface area contributed by atoms with Gasteiger partial charge >= 0.3 is 0 Å². The second-order valence-corrected chi connectivity index (χ2v) is 4.44. The molecular weight excluding hydrogens is 295 g/mol. The lowest BCUT2D eigenvalue weighted by molar-refractivity contribution is -0.771. The van der Waals surface area contributed by atoms with Crippen LogP contribution in [0.1, 0.15) is 11.7 Å². The maximum absolute atomic E-state index is 10.6. The van der Waals surface area contributed by atoms with Crippen molar-refractivity contribution in [3.05, 3.63) is 56.6 Å². The molecule has 7 nitrogen and oxygen atoms in total. The van der Waals surface area contributed by atoms with Crippen molar-refractivity contribution in [3.8, 4) is 0 Å². The van der Waals surface area contributed by atoms with Crippen LogP contribution >= 0.6 is 23.2 Å². The molecule has 0 saturated heterocycles. The molecule has 100 valence electrons. The molecule has 0 aliphatic rings. The summed E-state index contributed by atoms with van der Waals surface area (Å²) in [7, 11) is 0. The molecule has 0 radical (unpaired) electrons. The third kappa shape index (κ3) is 3.55. The van der Waals surface area contributed by atoms with Gasteiger partial charge in [-0.05, 0) is 12.1 Å². The zero-order valence-corrected chi connectivity index (χ0v) is 11.0. The Labute approximate surface area is 117 Å². The Morgan fingerprint density at radius 3 is 2.84 bits per heavy atom. The van der Waals surface area contributed by atoms with Gasteiger partial charge in [-0.15, -0.1) is 10.1 Å². The monoisotopic (exact) mass is 302 g/mol. The average molecular weight is 303 g/mol. The van der Waals surface area contributed by atoms with Gasteiger partial charge in [-0.1, -0.05) is 29.3 Å². The van der Waals surface area contributed by atoms with Gasteiger partial charge in [0.05, 0.1) is 6.54 Å². The average Bonchev–Trinajstić information content (AvgIpc) is 2.80. The third-order valence-corrected chi connectivity index (χ3v) is 2.90. The van der Waals surface area contributed by atoms with E-state index in [0.29, 0.717) is 15.6 Å². The van der Waals surface area contributed by atoms with Crippen LogP contribution in [-0.2, 0) is 11.4 Å². The summed E-state index contributed by atoms with van der Waals surface area (Å²) in [6, 6.07) is 4.66. The first-order valence-corrected chi connectivity index (χ1v) is 5.90. The summed E-state index contributed by atoms with van der Waals surface area (Å²) in [6.07, 6.45) is 1.87. The summed E-state index contributed by atoms with van der Waals surface area (Å²) in [5.41, 5.74) is 0.457. The van der Waals surface area contributed by atoms with Crippen LogP contribution in [0.15, 0.2) is 30.9 Å². The molecular formula is C10H8Cl2N4O3. The quantitative estimate of drug-likeness (QED) is 0.626. The fourth-order valence-electron chi connectivity index (χ4n) is 1.55. The van der Waals surface area contributed by atoms with E-state index in [0.717, 1.165) is 0 Å². The molecule has 1 heterocycles. The van der Waals surface area contributed by atoms with Crippen LogP contribution in [0.25, 0.3) is 0 Å². The first kappa shape index (κ1) is 13.6. The lowest BCUT2D eigenvalue weighted by Crippen LogP contribution is -2.16. The Morgan fingerprint density at radius 1 is 1.47 bits per heavy atom. The maximum atomic E-state index is 10.6.